The maximum Gasteiger partial charge on any atom is 0.350 e. The third kappa shape index (κ3) is 4.51. The van der Waals surface area contributed by atoms with Gasteiger partial charge in [0.2, 0.25) is 5.91 Å². The highest BCUT2D eigenvalue weighted by Crippen LogP contribution is 2.46. The van der Waals surface area contributed by atoms with Gasteiger partial charge in [0, 0.05) is 79.0 Å². The molecule has 2 saturated heterocycles. The van der Waals surface area contributed by atoms with E-state index in [1.807, 2.05) is 22.8 Å². The van der Waals surface area contributed by atoms with E-state index in [0.29, 0.717) is 68.5 Å². The maximum atomic E-state index is 15.1. The first-order valence-electron chi connectivity index (χ1n) is 13.0. The van der Waals surface area contributed by atoms with Crippen LogP contribution in [0.2, 0.25) is 0 Å². The van der Waals surface area contributed by atoms with Gasteiger partial charge in [0.1, 0.15) is 23.6 Å². The van der Waals surface area contributed by atoms with Crippen LogP contribution in [-0.4, -0.2) is 83.0 Å². The zero-order valence-corrected chi connectivity index (χ0v) is 22.3. The Morgan fingerprint density at radius 1 is 1.18 bits per heavy atom. The Morgan fingerprint density at radius 3 is 2.59 bits per heavy atom. The van der Waals surface area contributed by atoms with Crippen LogP contribution < -0.4 is 10.6 Å². The lowest BCUT2D eigenvalue weighted by molar-refractivity contribution is -0.126. The first-order valence-corrected chi connectivity index (χ1v) is 13.9. The third-order valence-electron chi connectivity index (χ3n) is 7.77. The van der Waals surface area contributed by atoms with E-state index in [-0.39, 0.29) is 17.5 Å². The number of likely N-dealkylation sites (tertiary alicyclic amines) is 1. The number of rotatable bonds is 5. The van der Waals surface area contributed by atoms with Crippen molar-refractivity contribution in [2.24, 2.45) is 0 Å². The van der Waals surface area contributed by atoms with Gasteiger partial charge < -0.3 is 9.80 Å². The third-order valence-corrected chi connectivity index (χ3v) is 9.01. The Morgan fingerprint density at radius 2 is 1.92 bits per heavy atom. The monoisotopic (exact) mass is 555 g/mol. The van der Waals surface area contributed by atoms with Gasteiger partial charge in [-0.05, 0) is 36.8 Å². The molecular formula is C28H28F3N5O2S. The van der Waals surface area contributed by atoms with Crippen molar-refractivity contribution >= 4 is 34.4 Å². The lowest BCUT2D eigenvalue weighted by Crippen LogP contribution is -2.52. The Balaban J connectivity index is 1.51. The minimum Gasteiger partial charge on any atom is -0.352 e. The Kier molecular flexibility index (Phi) is 6.66. The standard InChI is InChI=1S/C28H28F3N5O2S/c1-3-23(37)34-6-8-35(9-7-34)27-21-10-16(2)24(20-5-4-17(29)11-22(20)31)26-25(21)36(28(38)32-27)19(15-39-26)14-33-12-18(30)13-33/h3-5,10-11,18-19H,1,6-9,12-15H2,2H3. The van der Waals surface area contributed by atoms with Crippen LogP contribution in [0, 0.1) is 18.6 Å². The summed E-state index contributed by atoms with van der Waals surface area (Å²) in [5.41, 5.74) is 1.93. The zero-order valence-electron chi connectivity index (χ0n) is 21.5. The molecule has 2 aromatic carbocycles. The second-order valence-electron chi connectivity index (χ2n) is 10.3. The minimum atomic E-state index is -0.854. The minimum absolute atomic E-state index is 0.137. The van der Waals surface area contributed by atoms with Crippen LogP contribution in [0.15, 0.2) is 46.6 Å². The van der Waals surface area contributed by atoms with Crippen molar-refractivity contribution in [3.63, 3.8) is 0 Å². The number of benzene rings is 2. The van der Waals surface area contributed by atoms with Crippen LogP contribution in [0.5, 0.6) is 0 Å². The lowest BCUT2D eigenvalue weighted by atomic mass is 9.96. The average Bonchev–Trinajstić information content (AvgIpc) is 2.90. The van der Waals surface area contributed by atoms with Crippen molar-refractivity contribution < 1.29 is 18.0 Å². The summed E-state index contributed by atoms with van der Waals surface area (Å²) >= 11 is 1.54. The number of carbonyl (C=O) groups excluding carboxylic acids is 1. The number of amides is 1. The van der Waals surface area contributed by atoms with Gasteiger partial charge in [0.15, 0.2) is 0 Å². The molecule has 3 aromatic rings. The number of aryl methyl sites for hydroxylation is 1. The molecule has 6 rings (SSSR count). The smallest absolute Gasteiger partial charge is 0.350 e. The molecule has 0 radical (unpaired) electrons. The van der Waals surface area contributed by atoms with Gasteiger partial charge >= 0.3 is 5.69 Å². The van der Waals surface area contributed by atoms with Crippen molar-refractivity contribution in [3.05, 3.63) is 64.6 Å². The number of anilines is 1. The fraction of sp³-hybridized carbons (Fsp3) is 0.393. The van der Waals surface area contributed by atoms with Crippen LogP contribution in [0.1, 0.15) is 11.6 Å². The number of aromatic nitrogens is 2. The molecule has 3 aliphatic heterocycles. The van der Waals surface area contributed by atoms with E-state index >= 15 is 4.39 Å². The van der Waals surface area contributed by atoms with Crippen molar-refractivity contribution in [3.8, 4) is 11.1 Å². The summed E-state index contributed by atoms with van der Waals surface area (Å²) in [7, 11) is 0. The molecule has 0 spiro atoms. The zero-order chi connectivity index (χ0) is 27.4. The SMILES string of the molecule is C=CC(=O)N1CCN(c2nc(=O)n3c4c(c(-c5ccc(F)cc5F)c(C)cc24)SCC3CN2CC(F)C2)CC1. The van der Waals surface area contributed by atoms with Crippen LogP contribution in [0.3, 0.4) is 0 Å². The summed E-state index contributed by atoms with van der Waals surface area (Å²) in [6.45, 7) is 8.56. The highest BCUT2D eigenvalue weighted by Gasteiger charge is 2.35. The van der Waals surface area contributed by atoms with Crippen molar-refractivity contribution in [1.82, 2.24) is 19.4 Å². The van der Waals surface area contributed by atoms with E-state index in [2.05, 4.69) is 11.6 Å². The molecule has 7 nitrogen and oxygen atoms in total. The van der Waals surface area contributed by atoms with E-state index in [1.54, 1.807) is 9.47 Å². The van der Waals surface area contributed by atoms with Crippen molar-refractivity contribution in [2.75, 3.05) is 56.5 Å². The molecule has 39 heavy (non-hydrogen) atoms. The van der Waals surface area contributed by atoms with Crippen molar-refractivity contribution in [1.29, 1.82) is 0 Å². The van der Waals surface area contributed by atoms with Crippen LogP contribution in [0.4, 0.5) is 19.0 Å². The second-order valence-corrected chi connectivity index (χ2v) is 11.3. The molecular weight excluding hydrogens is 527 g/mol. The predicted molar refractivity (Wildman–Crippen MR) is 146 cm³/mol. The maximum absolute atomic E-state index is 15.1. The largest absolute Gasteiger partial charge is 0.352 e. The normalized spacial score (nSPS) is 19.8. The van der Waals surface area contributed by atoms with E-state index in [0.717, 1.165) is 21.9 Å². The van der Waals surface area contributed by atoms with Gasteiger partial charge in [-0.3, -0.25) is 14.3 Å². The molecule has 1 aromatic heterocycles. The lowest BCUT2D eigenvalue weighted by Gasteiger charge is -2.39. The molecule has 0 aliphatic carbocycles. The number of alkyl halides is 1. The van der Waals surface area contributed by atoms with E-state index < -0.39 is 23.5 Å². The Hall–Kier alpha value is -3.31. The average molecular weight is 556 g/mol. The number of piperazine rings is 1. The molecule has 4 heterocycles. The number of carbonyl (C=O) groups is 1. The quantitative estimate of drug-likeness (QED) is 0.447. The highest BCUT2D eigenvalue weighted by atomic mass is 32.2. The van der Waals surface area contributed by atoms with Crippen LogP contribution in [-0.2, 0) is 4.79 Å². The van der Waals surface area contributed by atoms with Gasteiger partial charge in [-0.1, -0.05) is 6.58 Å². The summed E-state index contributed by atoms with van der Waals surface area (Å²) < 4.78 is 44.0. The number of thioether (sulfide) groups is 1. The van der Waals surface area contributed by atoms with Gasteiger partial charge in [0.05, 0.1) is 11.6 Å². The molecule has 1 unspecified atom stereocenters. The summed E-state index contributed by atoms with van der Waals surface area (Å²) in [5, 5.41) is 0.765. The highest BCUT2D eigenvalue weighted by molar-refractivity contribution is 7.99. The first-order chi connectivity index (χ1) is 18.7. The summed E-state index contributed by atoms with van der Waals surface area (Å²) in [6.07, 6.45) is 0.441. The fourth-order valence-electron chi connectivity index (χ4n) is 5.84. The summed E-state index contributed by atoms with van der Waals surface area (Å²) in [4.78, 5) is 36.7. The second kappa shape index (κ2) is 10.0. The Labute approximate surface area is 227 Å². The number of nitrogens with zero attached hydrogens (tertiary/aromatic N) is 5. The summed E-state index contributed by atoms with van der Waals surface area (Å²) in [5.74, 6) is -0.395. The first kappa shape index (κ1) is 25.9. The molecule has 0 N–H and O–H groups in total. The number of halogens is 3. The molecule has 1 amide bonds. The number of hydrogen-bond acceptors (Lipinski definition) is 6. The topological polar surface area (TPSA) is 61.7 Å². The van der Waals surface area contributed by atoms with E-state index in [4.69, 9.17) is 0 Å². The van der Waals surface area contributed by atoms with Crippen molar-refractivity contribution in [2.45, 2.75) is 24.0 Å². The molecule has 11 heteroatoms. The van der Waals surface area contributed by atoms with Gasteiger partial charge in [-0.25, -0.2) is 18.0 Å². The molecule has 3 aliphatic rings. The molecule has 2 fully saturated rings. The molecule has 0 saturated carbocycles. The molecule has 204 valence electrons. The Bertz CT molecular complexity index is 1550. The molecule has 1 atom stereocenters. The van der Waals surface area contributed by atoms with Crippen LogP contribution in [0.25, 0.3) is 22.0 Å². The predicted octanol–water partition coefficient (Wildman–Crippen LogP) is 3.79. The van der Waals surface area contributed by atoms with E-state index in [9.17, 15) is 18.4 Å². The number of hydrogen-bond donors (Lipinski definition) is 0. The summed E-state index contributed by atoms with van der Waals surface area (Å²) in [6, 6.07) is 5.22. The van der Waals surface area contributed by atoms with Gasteiger partial charge in [0.25, 0.3) is 0 Å². The molecule has 0 bridgehead atoms. The van der Waals surface area contributed by atoms with Crippen LogP contribution >= 0.6 is 11.8 Å². The van der Waals surface area contributed by atoms with Gasteiger partial charge in [-0.15, -0.1) is 11.8 Å². The van der Waals surface area contributed by atoms with E-state index in [1.165, 1.54) is 30.0 Å². The fourth-order valence-corrected chi connectivity index (χ4v) is 7.22. The van der Waals surface area contributed by atoms with Gasteiger partial charge in [-0.2, -0.15) is 4.98 Å².